The summed E-state index contributed by atoms with van der Waals surface area (Å²) in [5.74, 6) is -0.888. The van der Waals surface area contributed by atoms with Crippen molar-refractivity contribution in [2.45, 2.75) is 96.8 Å². The van der Waals surface area contributed by atoms with Crippen LogP contribution < -0.4 is 5.32 Å². The van der Waals surface area contributed by atoms with Crippen molar-refractivity contribution in [3.05, 3.63) is 0 Å². The first kappa shape index (κ1) is 27.0. The molecule has 0 saturated heterocycles. The van der Waals surface area contributed by atoms with Crippen LogP contribution in [-0.4, -0.2) is 76.9 Å². The topological polar surface area (TPSA) is 55.4 Å². The molecule has 0 aromatic rings. The predicted octanol–water partition coefficient (Wildman–Crippen LogP) is 4.38. The molecule has 0 heterocycles. The number of ether oxygens (including phenoxy) is 1. The molecule has 0 bridgehead atoms. The maximum Gasteiger partial charge on any atom is 0.327 e. The molecule has 0 saturated carbocycles. The Balaban J connectivity index is 0. The van der Waals surface area contributed by atoms with Crippen LogP contribution in [0.25, 0.3) is 0 Å². The zero-order valence-electron chi connectivity index (χ0n) is 16.3. The van der Waals surface area contributed by atoms with Gasteiger partial charge in [0.2, 0.25) is 0 Å². The molecule has 24 heavy (non-hydrogen) atoms. The van der Waals surface area contributed by atoms with E-state index in [0.717, 1.165) is 12.8 Å². The van der Waals surface area contributed by atoms with Gasteiger partial charge in [-0.25, -0.2) is 0 Å². The smallest absolute Gasteiger partial charge is 0.327 e. The molecule has 0 spiro atoms. The SMILES string of the molecule is CCCCCCCCCCCCCCCC(=O)OC(=O)CNC.[K]. The van der Waals surface area contributed by atoms with Gasteiger partial charge in [-0.2, -0.15) is 0 Å². The molecule has 0 unspecified atom stereocenters. The van der Waals surface area contributed by atoms with Crippen LogP contribution >= 0.6 is 0 Å². The Morgan fingerprint density at radius 2 is 1.12 bits per heavy atom. The monoisotopic (exact) mass is 366 g/mol. The fourth-order valence-corrected chi connectivity index (χ4v) is 2.65. The van der Waals surface area contributed by atoms with Gasteiger partial charge in [-0.3, -0.25) is 9.59 Å². The fraction of sp³-hybridized carbons (Fsp3) is 0.895. The summed E-state index contributed by atoms with van der Waals surface area (Å²) in [5, 5.41) is 2.66. The maximum atomic E-state index is 11.4. The summed E-state index contributed by atoms with van der Waals surface area (Å²) in [7, 11) is 1.65. The van der Waals surface area contributed by atoms with Crippen LogP contribution in [-0.2, 0) is 14.3 Å². The molecule has 0 aliphatic rings. The van der Waals surface area contributed by atoms with Crippen molar-refractivity contribution in [3.8, 4) is 0 Å². The van der Waals surface area contributed by atoms with Gasteiger partial charge in [-0.15, -0.1) is 0 Å². The van der Waals surface area contributed by atoms with E-state index in [4.69, 9.17) is 0 Å². The van der Waals surface area contributed by atoms with Crippen LogP contribution in [0.5, 0.6) is 0 Å². The normalized spacial score (nSPS) is 10.2. The van der Waals surface area contributed by atoms with Gasteiger partial charge in [0.1, 0.15) is 0 Å². The standard InChI is InChI=1S/C19H37NO3.K/c1-3-4-5-6-7-8-9-10-11-12-13-14-15-16-18(21)23-19(22)17-20-2;/h20H,3-17H2,1-2H3;. The number of hydrogen-bond acceptors (Lipinski definition) is 4. The van der Waals surface area contributed by atoms with E-state index in [-0.39, 0.29) is 57.9 Å². The van der Waals surface area contributed by atoms with Gasteiger partial charge >= 0.3 is 11.9 Å². The molecular weight excluding hydrogens is 329 g/mol. The number of hydrogen-bond donors (Lipinski definition) is 1. The van der Waals surface area contributed by atoms with Gasteiger partial charge in [0, 0.05) is 57.8 Å². The summed E-state index contributed by atoms with van der Waals surface area (Å²) >= 11 is 0. The summed E-state index contributed by atoms with van der Waals surface area (Å²) < 4.78 is 4.66. The summed E-state index contributed by atoms with van der Waals surface area (Å²) in [6, 6.07) is 0. The summed E-state index contributed by atoms with van der Waals surface area (Å²) in [6.07, 6.45) is 17.0. The summed E-state index contributed by atoms with van der Waals surface area (Å²) in [6.45, 7) is 2.34. The van der Waals surface area contributed by atoms with E-state index in [1.54, 1.807) is 7.05 Å². The molecule has 1 radical (unpaired) electrons. The zero-order chi connectivity index (χ0) is 17.2. The molecule has 5 heteroatoms. The van der Waals surface area contributed by atoms with Crippen molar-refractivity contribution in [3.63, 3.8) is 0 Å². The molecule has 0 aromatic carbocycles. The number of carbonyl (C=O) groups excluding carboxylic acids is 2. The Hall–Kier alpha value is 0.736. The third-order valence-corrected chi connectivity index (χ3v) is 4.03. The molecule has 137 valence electrons. The molecule has 4 nitrogen and oxygen atoms in total. The molecular formula is C19H37KNO3. The van der Waals surface area contributed by atoms with E-state index in [0.29, 0.717) is 6.42 Å². The minimum Gasteiger partial charge on any atom is -0.392 e. The van der Waals surface area contributed by atoms with Crippen molar-refractivity contribution in [2.75, 3.05) is 13.6 Å². The van der Waals surface area contributed by atoms with Crippen molar-refractivity contribution in [2.24, 2.45) is 0 Å². The second kappa shape index (κ2) is 21.8. The number of unbranched alkanes of at least 4 members (excludes halogenated alkanes) is 12. The number of likely N-dealkylation sites (N-methyl/N-ethyl adjacent to an activating group) is 1. The van der Waals surface area contributed by atoms with Crippen LogP contribution in [0.2, 0.25) is 0 Å². The van der Waals surface area contributed by atoms with Gasteiger partial charge in [0.05, 0.1) is 6.54 Å². The van der Waals surface area contributed by atoms with Crippen molar-refractivity contribution in [1.82, 2.24) is 5.32 Å². The summed E-state index contributed by atoms with van der Waals surface area (Å²) in [5.41, 5.74) is 0. The van der Waals surface area contributed by atoms with Gasteiger partial charge < -0.3 is 10.1 Å². The Bertz CT molecular complexity index is 298. The second-order valence-electron chi connectivity index (χ2n) is 6.37. The van der Waals surface area contributed by atoms with Crippen molar-refractivity contribution in [1.29, 1.82) is 0 Å². The van der Waals surface area contributed by atoms with E-state index in [2.05, 4.69) is 17.0 Å². The molecule has 0 fully saturated rings. The van der Waals surface area contributed by atoms with E-state index < -0.39 is 11.9 Å². The van der Waals surface area contributed by atoms with Crippen molar-refractivity contribution >= 4 is 63.3 Å². The quantitative estimate of drug-likeness (QED) is 0.191. The van der Waals surface area contributed by atoms with Crippen LogP contribution in [0.1, 0.15) is 96.8 Å². The third-order valence-electron chi connectivity index (χ3n) is 4.03. The first-order valence-corrected chi connectivity index (χ1v) is 9.58. The zero-order valence-corrected chi connectivity index (χ0v) is 19.5. The molecule has 0 atom stereocenters. The largest absolute Gasteiger partial charge is 0.392 e. The minimum atomic E-state index is -0.493. The van der Waals surface area contributed by atoms with Crippen LogP contribution in [0.15, 0.2) is 0 Å². The van der Waals surface area contributed by atoms with E-state index in [9.17, 15) is 9.59 Å². The van der Waals surface area contributed by atoms with Crippen LogP contribution in [0.3, 0.4) is 0 Å². The van der Waals surface area contributed by atoms with Gasteiger partial charge in [-0.1, -0.05) is 84.0 Å². The Morgan fingerprint density at radius 3 is 1.54 bits per heavy atom. The van der Waals surface area contributed by atoms with E-state index >= 15 is 0 Å². The minimum absolute atomic E-state index is 0. The third kappa shape index (κ3) is 20.8. The summed E-state index contributed by atoms with van der Waals surface area (Å²) in [4.78, 5) is 22.4. The number of carbonyl (C=O) groups is 2. The first-order valence-electron chi connectivity index (χ1n) is 9.58. The molecule has 0 aliphatic carbocycles. The number of nitrogens with one attached hydrogen (secondary N) is 1. The fourth-order valence-electron chi connectivity index (χ4n) is 2.65. The molecule has 0 amide bonds. The maximum absolute atomic E-state index is 11.4. The average molecular weight is 367 g/mol. The van der Waals surface area contributed by atoms with Gasteiger partial charge in [0.25, 0.3) is 0 Å². The van der Waals surface area contributed by atoms with E-state index in [1.165, 1.54) is 70.6 Å². The van der Waals surface area contributed by atoms with E-state index in [1.807, 2.05) is 0 Å². The number of rotatable bonds is 16. The molecule has 1 N–H and O–H groups in total. The Morgan fingerprint density at radius 1 is 0.708 bits per heavy atom. The number of esters is 2. The molecule has 0 aromatic heterocycles. The van der Waals surface area contributed by atoms with Gasteiger partial charge in [0.15, 0.2) is 0 Å². The molecule has 0 rings (SSSR count). The molecule has 0 aliphatic heterocycles. The second-order valence-corrected chi connectivity index (χ2v) is 6.37. The predicted molar refractivity (Wildman–Crippen MR) is 101 cm³/mol. The first-order chi connectivity index (χ1) is 11.2. The van der Waals surface area contributed by atoms with Crippen molar-refractivity contribution < 1.29 is 14.3 Å². The Labute approximate surface area is 191 Å². The van der Waals surface area contributed by atoms with Gasteiger partial charge in [-0.05, 0) is 13.5 Å². The van der Waals surface area contributed by atoms with Crippen LogP contribution in [0, 0.1) is 0 Å². The Kier molecular flexibility index (Phi) is 24.5. The average Bonchev–Trinajstić information content (AvgIpc) is 2.52. The van der Waals surface area contributed by atoms with Crippen LogP contribution in [0.4, 0.5) is 0 Å².